The number of nitrogens with zero attached hydrogens (tertiary/aromatic N) is 2. The van der Waals surface area contributed by atoms with E-state index in [-0.39, 0.29) is 11.7 Å². The van der Waals surface area contributed by atoms with Crippen molar-refractivity contribution >= 4 is 45.4 Å². The summed E-state index contributed by atoms with van der Waals surface area (Å²) < 4.78 is 13.1. The molecule has 0 saturated carbocycles. The van der Waals surface area contributed by atoms with Crippen LogP contribution in [0.4, 0.5) is 0 Å². The van der Waals surface area contributed by atoms with E-state index in [1.54, 1.807) is 24.7 Å². The van der Waals surface area contributed by atoms with Crippen LogP contribution in [0.3, 0.4) is 0 Å². The zero-order valence-corrected chi connectivity index (χ0v) is 18.2. The smallest absolute Gasteiger partial charge is 0.250 e. The molecule has 0 aliphatic rings. The number of carbonyl (C=O) groups is 1. The lowest BCUT2D eigenvalue weighted by atomic mass is 10.2. The number of carbonyl (C=O) groups excluding carboxylic acids is 1. The first kappa shape index (κ1) is 21.1. The molecule has 3 aromatic rings. The minimum Gasteiger partial charge on any atom is -0.493 e. The Bertz CT molecular complexity index is 969. The Labute approximate surface area is 178 Å². The van der Waals surface area contributed by atoms with Crippen molar-refractivity contribution in [2.45, 2.75) is 18.2 Å². The van der Waals surface area contributed by atoms with Gasteiger partial charge in [0.2, 0.25) is 0 Å². The fourth-order valence-corrected chi connectivity index (χ4v) is 4.25. The molecule has 0 aliphatic heterocycles. The zero-order valence-electron chi connectivity index (χ0n) is 16.5. The van der Waals surface area contributed by atoms with Gasteiger partial charge in [-0.25, -0.2) is 10.4 Å². The van der Waals surface area contributed by atoms with E-state index in [1.807, 2.05) is 42.5 Å². The molecule has 1 aromatic heterocycles. The number of rotatable bonds is 9. The Morgan fingerprint density at radius 2 is 2.10 bits per heavy atom. The molecule has 3 rings (SSSR count). The molecule has 0 spiro atoms. The molecule has 1 heterocycles. The van der Waals surface area contributed by atoms with Gasteiger partial charge in [-0.2, -0.15) is 5.10 Å². The van der Waals surface area contributed by atoms with Crippen LogP contribution in [0.5, 0.6) is 11.5 Å². The summed E-state index contributed by atoms with van der Waals surface area (Å²) >= 11 is 2.98. The second-order valence-electron chi connectivity index (χ2n) is 6.64. The summed E-state index contributed by atoms with van der Waals surface area (Å²) in [6.07, 6.45) is 1.58. The largest absolute Gasteiger partial charge is 0.493 e. The van der Waals surface area contributed by atoms with Gasteiger partial charge in [-0.1, -0.05) is 37.7 Å². The van der Waals surface area contributed by atoms with Gasteiger partial charge in [-0.3, -0.25) is 4.79 Å². The first-order valence-corrected chi connectivity index (χ1v) is 11.0. The standard InChI is InChI=1S/C21H23N3O3S2/c1-14(2)12-27-17-9-8-15(10-18(17)26-3)11-22-24-20(25)13-28-21-23-16-6-4-5-7-19(16)29-21/h4-11,14H,12-13H2,1-3H3,(H,24,25)/b22-11+. The Kier molecular flexibility index (Phi) is 7.48. The van der Waals surface area contributed by atoms with E-state index in [1.165, 1.54) is 11.8 Å². The summed E-state index contributed by atoms with van der Waals surface area (Å²) in [6.45, 7) is 4.79. The molecule has 0 radical (unpaired) electrons. The topological polar surface area (TPSA) is 72.8 Å². The van der Waals surface area contributed by atoms with Crippen LogP contribution in [0.15, 0.2) is 51.9 Å². The molecular formula is C21H23N3O3S2. The minimum absolute atomic E-state index is 0.186. The Balaban J connectivity index is 1.51. The number of thioether (sulfide) groups is 1. The van der Waals surface area contributed by atoms with Gasteiger partial charge in [0.05, 0.1) is 35.9 Å². The minimum atomic E-state index is -0.186. The molecular weight excluding hydrogens is 406 g/mol. The molecule has 152 valence electrons. The van der Waals surface area contributed by atoms with Crippen molar-refractivity contribution in [2.24, 2.45) is 11.0 Å². The monoisotopic (exact) mass is 429 g/mol. The van der Waals surface area contributed by atoms with E-state index in [0.717, 1.165) is 20.1 Å². The van der Waals surface area contributed by atoms with Crippen LogP contribution in [0.1, 0.15) is 19.4 Å². The van der Waals surface area contributed by atoms with Crippen LogP contribution in [0.25, 0.3) is 10.2 Å². The number of aromatic nitrogens is 1. The number of ether oxygens (including phenoxy) is 2. The van der Waals surface area contributed by atoms with Gasteiger partial charge in [-0.15, -0.1) is 11.3 Å². The number of nitrogens with one attached hydrogen (secondary N) is 1. The summed E-state index contributed by atoms with van der Waals surface area (Å²) in [7, 11) is 1.60. The molecule has 8 heteroatoms. The summed E-state index contributed by atoms with van der Waals surface area (Å²) in [5, 5.41) is 4.02. The van der Waals surface area contributed by atoms with Crippen LogP contribution < -0.4 is 14.9 Å². The highest BCUT2D eigenvalue weighted by Gasteiger charge is 2.08. The van der Waals surface area contributed by atoms with Crippen molar-refractivity contribution in [1.29, 1.82) is 0 Å². The molecule has 0 atom stereocenters. The Morgan fingerprint density at radius 3 is 2.86 bits per heavy atom. The number of para-hydroxylation sites is 1. The second kappa shape index (κ2) is 10.3. The molecule has 1 N–H and O–H groups in total. The Hall–Kier alpha value is -2.58. The van der Waals surface area contributed by atoms with Crippen LogP contribution in [0.2, 0.25) is 0 Å². The molecule has 1 amide bonds. The van der Waals surface area contributed by atoms with Crippen LogP contribution in [-0.4, -0.2) is 36.6 Å². The lowest BCUT2D eigenvalue weighted by molar-refractivity contribution is -0.118. The highest BCUT2D eigenvalue weighted by Crippen LogP contribution is 2.29. The van der Waals surface area contributed by atoms with Crippen LogP contribution >= 0.6 is 23.1 Å². The van der Waals surface area contributed by atoms with Crippen molar-refractivity contribution in [3.8, 4) is 11.5 Å². The zero-order chi connectivity index (χ0) is 20.6. The van der Waals surface area contributed by atoms with Crippen molar-refractivity contribution in [3.63, 3.8) is 0 Å². The summed E-state index contributed by atoms with van der Waals surface area (Å²) in [5.41, 5.74) is 4.30. The third-order valence-electron chi connectivity index (χ3n) is 3.76. The van der Waals surface area contributed by atoms with Gasteiger partial charge >= 0.3 is 0 Å². The third kappa shape index (κ3) is 6.20. The SMILES string of the molecule is COc1cc(/C=N/NC(=O)CSc2nc3ccccc3s2)ccc1OCC(C)C. The number of hydrogen-bond acceptors (Lipinski definition) is 7. The van der Waals surface area contributed by atoms with E-state index in [0.29, 0.717) is 24.0 Å². The number of hydrazone groups is 1. The predicted octanol–water partition coefficient (Wildman–Crippen LogP) is 4.58. The van der Waals surface area contributed by atoms with E-state index in [4.69, 9.17) is 9.47 Å². The van der Waals surface area contributed by atoms with E-state index in [2.05, 4.69) is 29.4 Å². The number of fused-ring (bicyclic) bond motifs is 1. The highest BCUT2D eigenvalue weighted by molar-refractivity contribution is 8.01. The van der Waals surface area contributed by atoms with Crippen molar-refractivity contribution in [3.05, 3.63) is 48.0 Å². The lowest BCUT2D eigenvalue weighted by Crippen LogP contribution is -2.19. The fourth-order valence-electron chi connectivity index (χ4n) is 2.39. The predicted molar refractivity (Wildman–Crippen MR) is 119 cm³/mol. The molecule has 29 heavy (non-hydrogen) atoms. The number of amides is 1. The summed E-state index contributed by atoms with van der Waals surface area (Å²) in [4.78, 5) is 16.5. The molecule has 0 unspecified atom stereocenters. The molecule has 0 fully saturated rings. The maximum absolute atomic E-state index is 12.0. The summed E-state index contributed by atoms with van der Waals surface area (Å²) in [5.74, 6) is 1.82. The van der Waals surface area contributed by atoms with Gasteiger partial charge in [0.15, 0.2) is 15.8 Å². The maximum Gasteiger partial charge on any atom is 0.250 e. The van der Waals surface area contributed by atoms with E-state index in [9.17, 15) is 4.79 Å². The van der Waals surface area contributed by atoms with Crippen molar-refractivity contribution in [2.75, 3.05) is 19.5 Å². The molecule has 0 aliphatic carbocycles. The van der Waals surface area contributed by atoms with Gasteiger partial charge in [-0.05, 0) is 41.8 Å². The number of thiazole rings is 1. The fraction of sp³-hybridized carbons (Fsp3) is 0.286. The van der Waals surface area contributed by atoms with Gasteiger partial charge in [0.1, 0.15) is 0 Å². The molecule has 2 aromatic carbocycles. The average Bonchev–Trinajstić information content (AvgIpc) is 3.14. The third-order valence-corrected chi connectivity index (χ3v) is 5.94. The molecule has 0 bridgehead atoms. The average molecular weight is 430 g/mol. The first-order chi connectivity index (χ1) is 14.0. The maximum atomic E-state index is 12.0. The van der Waals surface area contributed by atoms with E-state index >= 15 is 0 Å². The van der Waals surface area contributed by atoms with Gasteiger partial charge < -0.3 is 9.47 Å². The number of benzene rings is 2. The number of hydrogen-bond donors (Lipinski definition) is 1. The highest BCUT2D eigenvalue weighted by atomic mass is 32.2. The second-order valence-corrected chi connectivity index (χ2v) is 8.90. The summed E-state index contributed by atoms with van der Waals surface area (Å²) in [6, 6.07) is 13.4. The number of methoxy groups -OCH3 is 1. The van der Waals surface area contributed by atoms with Crippen LogP contribution in [0, 0.1) is 5.92 Å². The quantitative estimate of drug-likeness (QED) is 0.306. The van der Waals surface area contributed by atoms with Crippen LogP contribution in [-0.2, 0) is 4.79 Å². The van der Waals surface area contributed by atoms with Crippen molar-refractivity contribution in [1.82, 2.24) is 10.4 Å². The van der Waals surface area contributed by atoms with Crippen molar-refractivity contribution < 1.29 is 14.3 Å². The first-order valence-electron chi connectivity index (χ1n) is 9.16. The van der Waals surface area contributed by atoms with Gasteiger partial charge in [0, 0.05) is 0 Å². The van der Waals surface area contributed by atoms with E-state index < -0.39 is 0 Å². The normalized spacial score (nSPS) is 11.3. The molecule has 6 nitrogen and oxygen atoms in total. The van der Waals surface area contributed by atoms with Gasteiger partial charge in [0.25, 0.3) is 5.91 Å². The lowest BCUT2D eigenvalue weighted by Gasteiger charge is -2.12. The molecule has 0 saturated heterocycles. The Morgan fingerprint density at radius 1 is 1.28 bits per heavy atom.